The standard InChI is InChI=1S/C45H66BrN3O5S/c1-41(2)34(31-9-18-44(19-10-31,40(50)51)21-27-54-39-30-32(46)14-22-47-39)11-16-43(4)37(41)13-17-42(3)35-12-20-45(15-5-6-36(45)33(35)7-8-38(42)43)48-23-24-49-25-28-55(52,53)29-26-49/h9,11,14,22,30,33,35-38,48H,5-8,10,12-13,15-21,23-29H2,1-4H3,(H,50,51)/t33?,35?,36-,37?,38?,42?,43?,44?,45+/m1/s1. The minimum absolute atomic E-state index is 0.0470. The SMILES string of the molecule is CC1(C)C(C2=CCC(CCOc3cc(Br)ccn3)(C(=O)O)CC2)=CCC2(C)C1CCC1(C)C3CC[C@@]4(NCCN5CCS(=O)(=O)CC5)CCC[C@@H]4C3CCC12. The molecule has 4 saturated carbocycles. The Morgan fingerprint density at radius 1 is 0.964 bits per heavy atom. The van der Waals surface area contributed by atoms with E-state index in [0.717, 1.165) is 54.1 Å². The van der Waals surface area contributed by atoms with Crippen LogP contribution in [0, 0.1) is 51.2 Å². The summed E-state index contributed by atoms with van der Waals surface area (Å²) in [5.74, 6) is 4.16. The van der Waals surface area contributed by atoms with Gasteiger partial charge in [-0.1, -0.05) is 62.2 Å². The molecule has 0 aromatic carbocycles. The van der Waals surface area contributed by atoms with Gasteiger partial charge in [-0.25, -0.2) is 13.4 Å². The molecule has 0 spiro atoms. The lowest BCUT2D eigenvalue weighted by Crippen LogP contribution is -2.64. The fraction of sp³-hybridized carbons (Fsp3) is 0.778. The molecule has 1 aliphatic heterocycles. The Morgan fingerprint density at radius 2 is 1.76 bits per heavy atom. The molecule has 0 radical (unpaired) electrons. The zero-order chi connectivity index (χ0) is 38.9. The van der Waals surface area contributed by atoms with Crippen molar-refractivity contribution >= 4 is 31.7 Å². The van der Waals surface area contributed by atoms with Crippen molar-refractivity contribution in [3.8, 4) is 5.88 Å². The van der Waals surface area contributed by atoms with E-state index in [-0.39, 0.29) is 16.4 Å². The maximum atomic E-state index is 12.7. The van der Waals surface area contributed by atoms with Crippen molar-refractivity contribution in [1.29, 1.82) is 0 Å². The third kappa shape index (κ3) is 7.11. The quantitative estimate of drug-likeness (QED) is 0.241. The fourth-order valence-electron chi connectivity index (χ4n) is 14.6. The lowest BCUT2D eigenvalue weighted by molar-refractivity contribution is -0.175. The highest BCUT2D eigenvalue weighted by Gasteiger charge is 2.65. The second-order valence-electron chi connectivity index (χ2n) is 20.1. The van der Waals surface area contributed by atoms with E-state index in [0.29, 0.717) is 67.7 Å². The summed E-state index contributed by atoms with van der Waals surface area (Å²) in [4.78, 5) is 19.4. The molecule has 55 heavy (non-hydrogen) atoms. The number of hydrogen-bond donors (Lipinski definition) is 2. The number of sulfone groups is 1. The van der Waals surface area contributed by atoms with Crippen molar-refractivity contribution in [2.45, 2.75) is 123 Å². The highest BCUT2D eigenvalue weighted by molar-refractivity contribution is 9.10. The molecule has 6 aliphatic carbocycles. The number of halogens is 1. The van der Waals surface area contributed by atoms with Gasteiger partial charge in [-0.15, -0.1) is 0 Å². The minimum Gasteiger partial charge on any atom is -0.481 e. The van der Waals surface area contributed by atoms with Crippen LogP contribution in [0.3, 0.4) is 0 Å². The Labute approximate surface area is 339 Å². The summed E-state index contributed by atoms with van der Waals surface area (Å²) >= 11 is 3.46. The number of pyridine rings is 1. The van der Waals surface area contributed by atoms with Gasteiger partial charge < -0.3 is 20.1 Å². The molecule has 10 heteroatoms. The molecular weight excluding hydrogens is 774 g/mol. The van der Waals surface area contributed by atoms with Crippen molar-refractivity contribution in [3.05, 3.63) is 46.1 Å². The monoisotopic (exact) mass is 839 g/mol. The average Bonchev–Trinajstić information content (AvgIpc) is 3.57. The van der Waals surface area contributed by atoms with E-state index in [1.54, 1.807) is 6.20 Å². The summed E-state index contributed by atoms with van der Waals surface area (Å²) in [6.45, 7) is 14.0. The number of aromatic nitrogens is 1. The van der Waals surface area contributed by atoms with Gasteiger partial charge in [0.1, 0.15) is 0 Å². The number of ether oxygens (including phenoxy) is 1. The molecular formula is C45H66BrN3O5S. The minimum atomic E-state index is -2.84. The Balaban J connectivity index is 0.939. The number of carboxylic acids is 1. The molecule has 0 amide bonds. The van der Waals surface area contributed by atoms with Crippen LogP contribution in [0.25, 0.3) is 0 Å². The summed E-state index contributed by atoms with van der Waals surface area (Å²) in [7, 11) is -2.84. The summed E-state index contributed by atoms with van der Waals surface area (Å²) < 4.78 is 30.7. The highest BCUT2D eigenvalue weighted by atomic mass is 79.9. The van der Waals surface area contributed by atoms with Gasteiger partial charge >= 0.3 is 5.97 Å². The van der Waals surface area contributed by atoms with Gasteiger partial charge in [0.25, 0.3) is 0 Å². The van der Waals surface area contributed by atoms with Crippen LogP contribution < -0.4 is 10.1 Å². The summed E-state index contributed by atoms with van der Waals surface area (Å²) in [6.07, 6.45) is 22.2. The Bertz CT molecular complexity index is 1800. The number of carbonyl (C=O) groups is 1. The lowest BCUT2D eigenvalue weighted by atomic mass is 9.37. The molecule has 2 N–H and O–H groups in total. The van der Waals surface area contributed by atoms with Gasteiger partial charge in [0.05, 0.1) is 23.5 Å². The number of nitrogens with one attached hydrogen (secondary N) is 1. The summed E-state index contributed by atoms with van der Waals surface area (Å²) in [5, 5.41) is 14.6. The topological polar surface area (TPSA) is 109 Å². The van der Waals surface area contributed by atoms with Crippen LogP contribution in [0.1, 0.15) is 118 Å². The Hall–Kier alpha value is -1.75. The summed E-state index contributed by atoms with van der Waals surface area (Å²) in [5.41, 5.74) is 3.04. The van der Waals surface area contributed by atoms with Gasteiger partial charge in [0, 0.05) is 48.5 Å². The second kappa shape index (κ2) is 14.8. The molecule has 9 atom stereocenters. The maximum Gasteiger partial charge on any atom is 0.310 e. The van der Waals surface area contributed by atoms with Crippen molar-refractivity contribution < 1.29 is 23.1 Å². The van der Waals surface area contributed by atoms with E-state index in [2.05, 4.69) is 71.0 Å². The largest absolute Gasteiger partial charge is 0.481 e. The van der Waals surface area contributed by atoms with Crippen molar-refractivity contribution in [1.82, 2.24) is 15.2 Å². The van der Waals surface area contributed by atoms with E-state index < -0.39 is 21.2 Å². The van der Waals surface area contributed by atoms with E-state index in [9.17, 15) is 18.3 Å². The smallest absolute Gasteiger partial charge is 0.310 e. The predicted octanol–water partition coefficient (Wildman–Crippen LogP) is 8.87. The molecule has 1 aromatic heterocycles. The molecule has 7 unspecified atom stereocenters. The number of hydrogen-bond acceptors (Lipinski definition) is 7. The van der Waals surface area contributed by atoms with Gasteiger partial charge in [-0.05, 0) is 147 Å². The molecule has 2 heterocycles. The number of aliphatic carboxylic acids is 1. The molecule has 0 bridgehead atoms. The van der Waals surface area contributed by atoms with Crippen LogP contribution in [0.5, 0.6) is 5.88 Å². The first-order valence-corrected chi connectivity index (χ1v) is 24.3. The fourth-order valence-corrected chi connectivity index (χ4v) is 16.2. The van der Waals surface area contributed by atoms with Gasteiger partial charge in [-0.2, -0.15) is 0 Å². The zero-order valence-electron chi connectivity index (χ0n) is 33.9. The first kappa shape index (κ1) is 40.0. The van der Waals surface area contributed by atoms with E-state index >= 15 is 0 Å². The first-order chi connectivity index (χ1) is 26.1. The Morgan fingerprint density at radius 3 is 2.49 bits per heavy atom. The van der Waals surface area contributed by atoms with Crippen LogP contribution in [0.15, 0.2) is 46.1 Å². The van der Waals surface area contributed by atoms with Gasteiger partial charge in [0.15, 0.2) is 9.84 Å². The highest BCUT2D eigenvalue weighted by Crippen LogP contribution is 2.72. The average molecular weight is 841 g/mol. The van der Waals surface area contributed by atoms with Crippen molar-refractivity contribution in [3.63, 3.8) is 0 Å². The number of carboxylic acid groups (broad SMARTS) is 1. The predicted molar refractivity (Wildman–Crippen MR) is 222 cm³/mol. The zero-order valence-corrected chi connectivity index (χ0v) is 36.3. The van der Waals surface area contributed by atoms with E-state index in [1.165, 1.54) is 68.9 Å². The third-order valence-corrected chi connectivity index (χ3v) is 19.5. The molecule has 8 rings (SSSR count). The van der Waals surface area contributed by atoms with Crippen LogP contribution in [0.2, 0.25) is 0 Å². The number of fused-ring (bicyclic) bond motifs is 7. The molecule has 1 aromatic rings. The normalized spacial score (nSPS) is 40.8. The third-order valence-electron chi connectivity index (χ3n) is 17.4. The second-order valence-corrected chi connectivity index (χ2v) is 23.3. The first-order valence-electron chi connectivity index (χ1n) is 21.7. The van der Waals surface area contributed by atoms with E-state index in [4.69, 9.17) is 4.74 Å². The lowest BCUT2D eigenvalue weighted by Gasteiger charge is -2.68. The van der Waals surface area contributed by atoms with Crippen molar-refractivity contribution in [2.24, 2.45) is 51.2 Å². The number of nitrogens with zero attached hydrogens (tertiary/aromatic N) is 2. The van der Waals surface area contributed by atoms with E-state index in [1.807, 2.05) is 12.1 Å². The van der Waals surface area contributed by atoms with Crippen LogP contribution in [-0.4, -0.2) is 79.2 Å². The van der Waals surface area contributed by atoms with Crippen molar-refractivity contribution in [2.75, 3.05) is 44.3 Å². The van der Waals surface area contributed by atoms with Gasteiger partial charge in [-0.3, -0.25) is 4.79 Å². The molecule has 8 nitrogen and oxygen atoms in total. The number of allylic oxidation sites excluding steroid dienone is 4. The van der Waals surface area contributed by atoms with Gasteiger partial charge in [0.2, 0.25) is 5.88 Å². The maximum absolute atomic E-state index is 12.7. The molecule has 5 fully saturated rings. The molecule has 304 valence electrons. The summed E-state index contributed by atoms with van der Waals surface area (Å²) in [6, 6.07) is 3.68. The van der Waals surface area contributed by atoms with Crippen LogP contribution >= 0.6 is 15.9 Å². The molecule has 1 saturated heterocycles. The number of rotatable bonds is 10. The molecule has 7 aliphatic rings. The Kier molecular flexibility index (Phi) is 10.8. The van der Waals surface area contributed by atoms with Crippen LogP contribution in [-0.2, 0) is 14.6 Å². The van der Waals surface area contributed by atoms with Crippen LogP contribution in [0.4, 0.5) is 0 Å².